The van der Waals surface area contributed by atoms with E-state index in [2.05, 4.69) is 12.1 Å². The zero-order valence-corrected chi connectivity index (χ0v) is 24.6. The molecule has 1 aliphatic rings. The number of alkyl halides is 3. The van der Waals surface area contributed by atoms with Crippen LogP contribution in [0.3, 0.4) is 0 Å². The van der Waals surface area contributed by atoms with Crippen molar-refractivity contribution in [2.24, 2.45) is 5.92 Å². The van der Waals surface area contributed by atoms with Crippen LogP contribution in [0.5, 0.6) is 5.75 Å². The SMILES string of the molecule is COc1c[c-]ccc1[S-](=O)=O.FC(F)(F)c1c[c-]ccc1.O=[C-]CC1CCOC1.[K+].[K+]. The molecule has 0 N–H and O–H groups in total. The Labute approximate surface area is 267 Å². The molecule has 1 saturated heterocycles. The predicted molar refractivity (Wildman–Crippen MR) is 98.4 cm³/mol. The number of rotatable bonds is 4. The maximum absolute atomic E-state index is 11.8. The van der Waals surface area contributed by atoms with Gasteiger partial charge in [-0.05, 0) is 18.1 Å². The van der Waals surface area contributed by atoms with Crippen molar-refractivity contribution in [2.45, 2.75) is 23.9 Å². The van der Waals surface area contributed by atoms with Crippen LogP contribution in [0, 0.1) is 18.1 Å². The molecule has 0 spiro atoms. The van der Waals surface area contributed by atoms with E-state index in [1.165, 1.54) is 37.4 Å². The van der Waals surface area contributed by atoms with Gasteiger partial charge in [-0.3, -0.25) is 6.29 Å². The Hall–Kier alpha value is 0.883. The van der Waals surface area contributed by atoms with Crippen LogP contribution in [0.1, 0.15) is 18.4 Å². The summed E-state index contributed by atoms with van der Waals surface area (Å²) in [5.41, 5.74) is -0.657. The Morgan fingerprint density at radius 1 is 1.19 bits per heavy atom. The predicted octanol–water partition coefficient (Wildman–Crippen LogP) is -1.80. The first-order valence-electron chi connectivity index (χ1n) is 8.39. The van der Waals surface area contributed by atoms with Crippen molar-refractivity contribution in [3.63, 3.8) is 0 Å². The molecule has 0 aromatic heterocycles. The molecule has 2 aromatic carbocycles. The van der Waals surface area contributed by atoms with Gasteiger partial charge in [0, 0.05) is 13.2 Å². The number of halogens is 3. The Kier molecular flexibility index (Phi) is 21.1. The second kappa shape index (κ2) is 19.2. The molecule has 31 heavy (non-hydrogen) atoms. The molecular weight excluding hydrogens is 487 g/mol. The van der Waals surface area contributed by atoms with E-state index in [9.17, 15) is 26.4 Å². The normalized spacial score (nSPS) is 14.5. The fraction of sp³-hybridized carbons (Fsp3) is 0.350. The van der Waals surface area contributed by atoms with Gasteiger partial charge in [-0.25, -0.2) is 0 Å². The molecule has 0 amide bonds. The second-order valence-corrected chi connectivity index (χ2v) is 6.59. The van der Waals surface area contributed by atoms with Crippen LogP contribution >= 0.6 is 0 Å². The summed E-state index contributed by atoms with van der Waals surface area (Å²) in [7, 11) is -0.819. The summed E-state index contributed by atoms with van der Waals surface area (Å²) >= 11 is 0. The van der Waals surface area contributed by atoms with Crippen molar-refractivity contribution < 1.29 is 139 Å². The molecule has 160 valence electrons. The van der Waals surface area contributed by atoms with Crippen molar-refractivity contribution in [3.8, 4) is 5.75 Å². The third-order valence-corrected chi connectivity index (χ3v) is 4.31. The molecule has 0 radical (unpaired) electrons. The van der Waals surface area contributed by atoms with Crippen molar-refractivity contribution in [1.29, 1.82) is 0 Å². The van der Waals surface area contributed by atoms with Crippen LogP contribution in [0.4, 0.5) is 13.2 Å². The fourth-order valence-electron chi connectivity index (χ4n) is 2.13. The monoisotopic (exact) mass is 506 g/mol. The minimum atomic E-state index is -4.24. The Bertz CT molecular complexity index is 804. The molecule has 1 atom stereocenters. The minimum Gasteiger partial charge on any atom is -0.556 e. The van der Waals surface area contributed by atoms with Gasteiger partial charge in [0.05, 0.1) is 7.11 Å². The van der Waals surface area contributed by atoms with Gasteiger partial charge in [-0.1, -0.05) is 16.3 Å². The third-order valence-electron chi connectivity index (χ3n) is 3.62. The standard InChI is InChI=1S/C7H4F3.C7H6O3S.C6H9O2.2K/c8-7(9,10)6-4-2-1-3-5-6;1-10-6-4-2-3-5-7(6)11(8)9;7-3-1-6-2-4-8-5-6;;/h1-2,4-5H;3-5H,1H3;6H,1-2,4-5H2;;/q-1;-2;-1;2*+1. The average molecular weight is 507 g/mol. The van der Waals surface area contributed by atoms with Crippen LogP contribution < -0.4 is 108 Å². The van der Waals surface area contributed by atoms with Gasteiger partial charge in [0.25, 0.3) is 0 Å². The van der Waals surface area contributed by atoms with Crippen molar-refractivity contribution in [3.05, 3.63) is 60.2 Å². The quantitative estimate of drug-likeness (QED) is 0.278. The summed E-state index contributed by atoms with van der Waals surface area (Å²) in [6, 6.07) is 14.1. The number of ether oxygens (including phenoxy) is 2. The average Bonchev–Trinajstić information content (AvgIpc) is 3.22. The fourth-order valence-corrected chi connectivity index (χ4v) is 2.62. The Morgan fingerprint density at radius 2 is 1.87 bits per heavy atom. The molecule has 1 unspecified atom stereocenters. The first-order chi connectivity index (χ1) is 13.8. The zero-order chi connectivity index (χ0) is 21.7. The summed E-state index contributed by atoms with van der Waals surface area (Å²) in [6.45, 7) is 1.58. The van der Waals surface area contributed by atoms with Gasteiger partial charge in [-0.2, -0.15) is 66.6 Å². The summed E-state index contributed by atoms with van der Waals surface area (Å²) in [6.07, 6.45) is -0.766. The minimum absolute atomic E-state index is 0. The molecule has 1 heterocycles. The molecule has 3 rings (SSSR count). The van der Waals surface area contributed by atoms with Crippen LogP contribution in [0.2, 0.25) is 0 Å². The molecule has 0 bridgehead atoms. The van der Waals surface area contributed by atoms with Gasteiger partial charge in [-0.15, -0.1) is 12.5 Å². The van der Waals surface area contributed by atoms with E-state index in [0.717, 1.165) is 31.8 Å². The molecule has 2 aromatic rings. The molecular formula is C20H19F3K2O5S-2. The maximum atomic E-state index is 11.8. The van der Waals surface area contributed by atoms with E-state index in [1.807, 2.05) is 6.29 Å². The molecule has 5 nitrogen and oxygen atoms in total. The summed E-state index contributed by atoms with van der Waals surface area (Å²) in [5.74, 6) is 0.785. The van der Waals surface area contributed by atoms with Gasteiger partial charge in [0.2, 0.25) is 0 Å². The van der Waals surface area contributed by atoms with Crippen LogP contribution in [-0.4, -0.2) is 26.6 Å². The van der Waals surface area contributed by atoms with E-state index in [1.54, 1.807) is 0 Å². The van der Waals surface area contributed by atoms with E-state index in [-0.39, 0.29) is 108 Å². The zero-order valence-electron chi connectivity index (χ0n) is 17.5. The smallest absolute Gasteiger partial charge is 0.556 e. The second-order valence-electron chi connectivity index (χ2n) is 5.68. The topological polar surface area (TPSA) is 69.7 Å². The van der Waals surface area contributed by atoms with Gasteiger partial charge < -0.3 is 22.7 Å². The summed E-state index contributed by atoms with van der Waals surface area (Å²) in [4.78, 5) is 9.94. The number of hydrogen-bond acceptors (Lipinski definition) is 6. The number of methoxy groups -OCH3 is 1. The van der Waals surface area contributed by atoms with Crippen LogP contribution in [0.15, 0.2) is 47.4 Å². The number of hydrogen-bond donors (Lipinski definition) is 0. The van der Waals surface area contributed by atoms with Crippen molar-refractivity contribution in [1.82, 2.24) is 0 Å². The van der Waals surface area contributed by atoms with E-state index >= 15 is 0 Å². The number of benzene rings is 2. The summed E-state index contributed by atoms with van der Waals surface area (Å²) in [5, 5.41) is 0. The molecule has 1 fully saturated rings. The van der Waals surface area contributed by atoms with E-state index in [4.69, 9.17) is 9.47 Å². The Morgan fingerprint density at radius 3 is 2.26 bits per heavy atom. The largest absolute Gasteiger partial charge is 1.00 e. The van der Waals surface area contributed by atoms with E-state index < -0.39 is 22.4 Å². The summed E-state index contributed by atoms with van der Waals surface area (Å²) < 4.78 is 66.1. The molecule has 0 saturated carbocycles. The maximum Gasteiger partial charge on any atom is 1.00 e. The molecule has 0 aliphatic carbocycles. The van der Waals surface area contributed by atoms with Crippen LogP contribution in [-0.2, 0) is 34.8 Å². The first-order valence-corrected chi connectivity index (χ1v) is 9.46. The van der Waals surface area contributed by atoms with Crippen molar-refractivity contribution >= 4 is 17.0 Å². The third kappa shape index (κ3) is 14.7. The van der Waals surface area contributed by atoms with Gasteiger partial charge >= 0.3 is 109 Å². The molecule has 11 heteroatoms. The molecule has 1 aliphatic heterocycles. The Balaban J connectivity index is 0. The van der Waals surface area contributed by atoms with Gasteiger partial charge in [0.15, 0.2) is 0 Å². The van der Waals surface area contributed by atoms with Gasteiger partial charge in [0.1, 0.15) is 0 Å². The van der Waals surface area contributed by atoms with Crippen LogP contribution in [0.25, 0.3) is 0 Å². The first kappa shape index (κ1) is 34.1. The number of carbonyl (C=O) groups excluding carboxylic acids is 1. The van der Waals surface area contributed by atoms with Crippen molar-refractivity contribution in [2.75, 3.05) is 20.3 Å². The van der Waals surface area contributed by atoms with E-state index in [0.29, 0.717) is 18.1 Å².